The first-order valence-electron chi connectivity index (χ1n) is 11.5. The van der Waals surface area contributed by atoms with Crippen molar-refractivity contribution in [1.82, 2.24) is 15.0 Å². The molecule has 9 heteroatoms. The maximum Gasteiger partial charge on any atom is 0.358 e. The van der Waals surface area contributed by atoms with Gasteiger partial charge in [-0.1, -0.05) is 0 Å². The second-order valence-corrected chi connectivity index (χ2v) is 10.6. The van der Waals surface area contributed by atoms with Gasteiger partial charge in [0.25, 0.3) is 0 Å². The fraction of sp³-hybridized carbons (Fsp3) is 0.423. The van der Waals surface area contributed by atoms with Crippen LogP contribution in [0.5, 0.6) is 5.88 Å². The largest absolute Gasteiger partial charge is 0.466 e. The summed E-state index contributed by atoms with van der Waals surface area (Å²) in [6, 6.07) is 3.66. The Hall–Kier alpha value is -3.43. The zero-order chi connectivity index (χ0) is 25.2. The van der Waals surface area contributed by atoms with Crippen molar-refractivity contribution in [3.05, 3.63) is 58.8 Å². The molecule has 0 saturated carbocycles. The van der Waals surface area contributed by atoms with E-state index in [2.05, 4.69) is 15.0 Å². The normalized spacial score (nSPS) is 18.6. The van der Waals surface area contributed by atoms with Crippen LogP contribution in [0.25, 0.3) is 10.8 Å². The second kappa shape index (κ2) is 7.79. The van der Waals surface area contributed by atoms with Crippen molar-refractivity contribution in [1.29, 1.82) is 0 Å². The third-order valence-corrected chi connectivity index (χ3v) is 6.31. The van der Waals surface area contributed by atoms with Gasteiger partial charge in [-0.2, -0.15) is 0 Å². The molecule has 2 N–H and O–H groups in total. The molecule has 5 rings (SSSR count). The van der Waals surface area contributed by atoms with Gasteiger partial charge in [0.2, 0.25) is 11.7 Å². The van der Waals surface area contributed by atoms with Gasteiger partial charge in [0.05, 0.1) is 24.2 Å². The number of nitrogens with two attached hydrogens (primary N) is 1. The van der Waals surface area contributed by atoms with E-state index in [1.807, 2.05) is 26.8 Å². The molecule has 1 saturated heterocycles. The van der Waals surface area contributed by atoms with Crippen LogP contribution >= 0.6 is 0 Å². The third kappa shape index (κ3) is 4.15. The molecule has 0 radical (unpaired) electrons. The molecule has 3 aromatic heterocycles. The number of aromatic nitrogens is 3. The lowest BCUT2D eigenvalue weighted by atomic mass is 9.90. The van der Waals surface area contributed by atoms with Gasteiger partial charge in [0, 0.05) is 36.2 Å². The zero-order valence-corrected chi connectivity index (χ0v) is 20.5. The number of nitrogens with zero attached hydrogens (tertiary/aromatic N) is 3. The van der Waals surface area contributed by atoms with Crippen LogP contribution in [-0.2, 0) is 21.4 Å². The maximum absolute atomic E-state index is 12.8. The predicted molar refractivity (Wildman–Crippen MR) is 127 cm³/mol. The molecule has 35 heavy (non-hydrogen) atoms. The van der Waals surface area contributed by atoms with E-state index in [0.29, 0.717) is 25.5 Å². The fourth-order valence-electron chi connectivity index (χ4n) is 4.33. The summed E-state index contributed by atoms with van der Waals surface area (Å²) < 4.78 is 16.7. The van der Waals surface area contributed by atoms with E-state index in [1.165, 1.54) is 0 Å². The van der Waals surface area contributed by atoms with Gasteiger partial charge in [-0.05, 0) is 63.3 Å². The molecular weight excluding hydrogens is 448 g/mol. The molecule has 3 aromatic rings. The third-order valence-electron chi connectivity index (χ3n) is 6.31. The lowest BCUT2D eigenvalue weighted by Gasteiger charge is -2.38. The number of hydrogen-bond acceptors (Lipinski definition) is 9. The highest BCUT2D eigenvalue weighted by Gasteiger charge is 2.41. The van der Waals surface area contributed by atoms with Crippen LogP contribution in [-0.4, -0.2) is 51.1 Å². The van der Waals surface area contributed by atoms with Crippen molar-refractivity contribution in [2.24, 2.45) is 5.73 Å². The molecule has 0 aromatic carbocycles. The van der Waals surface area contributed by atoms with Crippen molar-refractivity contribution in [2.75, 3.05) is 13.2 Å². The Labute approximate surface area is 203 Å². The summed E-state index contributed by atoms with van der Waals surface area (Å²) in [5.41, 5.74) is 6.85. The fourth-order valence-corrected chi connectivity index (χ4v) is 4.33. The summed E-state index contributed by atoms with van der Waals surface area (Å²) in [6.07, 6.45) is 5.47. The first-order valence-corrected chi connectivity index (χ1v) is 11.5. The number of cyclic esters (lactones) is 1. The summed E-state index contributed by atoms with van der Waals surface area (Å²) >= 11 is 0. The van der Waals surface area contributed by atoms with Crippen LogP contribution in [0.3, 0.4) is 0 Å². The minimum atomic E-state index is -1.22. The van der Waals surface area contributed by atoms with Crippen molar-refractivity contribution < 1.29 is 23.8 Å². The molecule has 182 valence electrons. The Balaban J connectivity index is 1.54. The van der Waals surface area contributed by atoms with Crippen molar-refractivity contribution in [3.63, 3.8) is 0 Å². The highest BCUT2D eigenvalue weighted by atomic mass is 16.6. The number of rotatable bonds is 5. The first-order chi connectivity index (χ1) is 16.4. The Bertz CT molecular complexity index is 1370. The van der Waals surface area contributed by atoms with Crippen molar-refractivity contribution in [2.45, 2.75) is 57.8 Å². The number of ketones is 1. The molecule has 2 aliphatic heterocycles. The van der Waals surface area contributed by atoms with E-state index in [0.717, 1.165) is 27.6 Å². The van der Waals surface area contributed by atoms with E-state index in [1.54, 1.807) is 38.5 Å². The summed E-state index contributed by atoms with van der Waals surface area (Å²) in [5, 5.41) is 1.66. The smallest absolute Gasteiger partial charge is 0.358 e. The van der Waals surface area contributed by atoms with Crippen LogP contribution in [0.2, 0.25) is 0 Å². The number of pyridine rings is 3. The summed E-state index contributed by atoms with van der Waals surface area (Å²) in [6.45, 7) is 9.98. The number of ether oxygens (including phenoxy) is 3. The molecule has 9 nitrogen and oxygen atoms in total. The number of carbonyl (C=O) groups is 2. The maximum atomic E-state index is 12.8. The highest BCUT2D eigenvalue weighted by Crippen LogP contribution is 2.35. The molecule has 0 unspecified atom stereocenters. The molecule has 0 spiro atoms. The molecule has 0 aliphatic carbocycles. The van der Waals surface area contributed by atoms with E-state index in [-0.39, 0.29) is 17.0 Å². The van der Waals surface area contributed by atoms with Gasteiger partial charge < -0.3 is 19.9 Å². The van der Waals surface area contributed by atoms with E-state index in [9.17, 15) is 9.59 Å². The SMILES string of the molecule is CC1(Oc2ncc(C(C)(C)N)c3cc(Cc4cnc5c(c4)C(=O)C(C)(C)OC5=O)ncc23)COC1. The molecular formula is C26H28N4O5. The lowest BCUT2D eigenvalue weighted by Crippen LogP contribution is -2.51. The molecule has 0 amide bonds. The summed E-state index contributed by atoms with van der Waals surface area (Å²) in [7, 11) is 0. The topological polar surface area (TPSA) is 127 Å². The first kappa shape index (κ1) is 23.3. The quantitative estimate of drug-likeness (QED) is 0.553. The standard InChI is InChI=1S/C26H28N4O5/c1-24(2,27)19-11-30-22(34-26(5)12-33-13-26)18-10-28-15(8-16(18)19)6-14-7-17-20(29-9-14)23(32)35-25(3,4)21(17)31/h7-11H,6,12-13,27H2,1-5H3. The number of Topliss-reactive ketones (excluding diaryl/α,β-unsaturated/α-hetero) is 1. The van der Waals surface area contributed by atoms with Crippen LogP contribution in [0, 0.1) is 0 Å². The van der Waals surface area contributed by atoms with Crippen LogP contribution in [0.4, 0.5) is 0 Å². The van der Waals surface area contributed by atoms with Gasteiger partial charge >= 0.3 is 5.97 Å². The molecule has 1 fully saturated rings. The average molecular weight is 477 g/mol. The monoisotopic (exact) mass is 476 g/mol. The molecule has 0 bridgehead atoms. The Morgan fingerprint density at radius 2 is 1.77 bits per heavy atom. The van der Waals surface area contributed by atoms with E-state index >= 15 is 0 Å². The van der Waals surface area contributed by atoms with Crippen LogP contribution in [0.1, 0.15) is 72.3 Å². The van der Waals surface area contributed by atoms with Gasteiger partial charge in [-0.3, -0.25) is 9.78 Å². The van der Waals surface area contributed by atoms with Gasteiger partial charge in [-0.25, -0.2) is 14.8 Å². The predicted octanol–water partition coefficient (Wildman–Crippen LogP) is 3.11. The van der Waals surface area contributed by atoms with Gasteiger partial charge in [-0.15, -0.1) is 0 Å². The van der Waals surface area contributed by atoms with Crippen LogP contribution < -0.4 is 10.5 Å². The second-order valence-electron chi connectivity index (χ2n) is 10.6. The Kier molecular flexibility index (Phi) is 5.19. The van der Waals surface area contributed by atoms with Crippen molar-refractivity contribution >= 4 is 22.5 Å². The highest BCUT2D eigenvalue weighted by molar-refractivity contribution is 6.13. The van der Waals surface area contributed by atoms with E-state index < -0.39 is 22.7 Å². The number of esters is 1. The summed E-state index contributed by atoms with van der Waals surface area (Å²) in [5.74, 6) is -0.388. The molecule has 0 atom stereocenters. The Morgan fingerprint density at radius 1 is 1.03 bits per heavy atom. The number of carbonyl (C=O) groups excluding carboxylic acids is 2. The summed E-state index contributed by atoms with van der Waals surface area (Å²) in [4.78, 5) is 38.5. The number of hydrogen-bond donors (Lipinski definition) is 1. The number of fused-ring (bicyclic) bond motifs is 2. The van der Waals surface area contributed by atoms with Crippen LogP contribution in [0.15, 0.2) is 30.7 Å². The van der Waals surface area contributed by atoms with Gasteiger partial charge in [0.1, 0.15) is 0 Å². The zero-order valence-electron chi connectivity index (χ0n) is 20.5. The van der Waals surface area contributed by atoms with Gasteiger partial charge in [0.15, 0.2) is 16.9 Å². The van der Waals surface area contributed by atoms with Crippen molar-refractivity contribution in [3.8, 4) is 5.88 Å². The average Bonchev–Trinajstić information content (AvgIpc) is 2.75. The van der Waals surface area contributed by atoms with E-state index in [4.69, 9.17) is 19.9 Å². The molecule has 2 aliphatic rings. The minimum Gasteiger partial charge on any atom is -0.466 e. The molecule has 5 heterocycles. The Morgan fingerprint density at radius 3 is 2.43 bits per heavy atom. The lowest BCUT2D eigenvalue weighted by molar-refractivity contribution is -0.150. The minimum absolute atomic E-state index is 0.0399.